The van der Waals surface area contributed by atoms with Crippen LogP contribution in [-0.4, -0.2) is 14.8 Å². The maximum Gasteiger partial charge on any atom is 0.0934 e. The van der Waals surface area contributed by atoms with Gasteiger partial charge in [-0.25, -0.2) is 0 Å². The number of nitrogens with zero attached hydrogens (tertiary/aromatic N) is 3. The van der Waals surface area contributed by atoms with Crippen LogP contribution in [0, 0.1) is 0 Å². The van der Waals surface area contributed by atoms with Crippen molar-refractivity contribution in [2.24, 2.45) is 0 Å². The molecule has 0 saturated carbocycles. The van der Waals surface area contributed by atoms with E-state index < -0.39 is 0 Å². The number of rotatable bonds is 4. The van der Waals surface area contributed by atoms with E-state index in [0.29, 0.717) is 0 Å². The van der Waals surface area contributed by atoms with Crippen LogP contribution in [0.15, 0.2) is 47.3 Å². The summed E-state index contributed by atoms with van der Waals surface area (Å²) in [5.41, 5.74) is 3.19. The number of nitrogens with one attached hydrogen (secondary N) is 1. The average molecular weight is 331 g/mol. The van der Waals surface area contributed by atoms with Crippen LogP contribution in [0.4, 0.5) is 5.69 Å². The molecule has 0 aliphatic carbocycles. The van der Waals surface area contributed by atoms with Gasteiger partial charge in [0, 0.05) is 40.9 Å². The van der Waals surface area contributed by atoms with Crippen LogP contribution < -0.4 is 5.32 Å². The Morgan fingerprint density at radius 1 is 1.30 bits per heavy atom. The van der Waals surface area contributed by atoms with Crippen molar-refractivity contribution in [3.05, 3.63) is 52.9 Å². The molecule has 2 heterocycles. The van der Waals surface area contributed by atoms with Gasteiger partial charge in [0.25, 0.3) is 0 Å². The zero-order valence-electron chi connectivity index (χ0n) is 11.2. The Balaban J connectivity index is 1.83. The SMILES string of the molecule is CCn1cc(CNc2cccc3cc(Br)cnc23)cn1. The quantitative estimate of drug-likeness (QED) is 0.790. The molecule has 0 radical (unpaired) electrons. The van der Waals surface area contributed by atoms with Gasteiger partial charge in [0.15, 0.2) is 0 Å². The molecular weight excluding hydrogens is 316 g/mol. The van der Waals surface area contributed by atoms with Crippen molar-refractivity contribution in [2.45, 2.75) is 20.0 Å². The Morgan fingerprint density at radius 2 is 2.20 bits per heavy atom. The molecule has 1 aromatic carbocycles. The van der Waals surface area contributed by atoms with Crippen molar-refractivity contribution >= 4 is 32.5 Å². The number of pyridine rings is 1. The highest BCUT2D eigenvalue weighted by atomic mass is 79.9. The summed E-state index contributed by atoms with van der Waals surface area (Å²) >= 11 is 3.45. The van der Waals surface area contributed by atoms with Crippen molar-refractivity contribution in [2.75, 3.05) is 5.32 Å². The fourth-order valence-corrected chi connectivity index (χ4v) is 2.49. The van der Waals surface area contributed by atoms with E-state index in [1.807, 2.05) is 29.2 Å². The molecule has 102 valence electrons. The minimum Gasteiger partial charge on any atom is -0.379 e. The number of benzene rings is 1. The average Bonchev–Trinajstić information content (AvgIpc) is 2.92. The van der Waals surface area contributed by atoms with Gasteiger partial charge < -0.3 is 5.32 Å². The molecule has 20 heavy (non-hydrogen) atoms. The molecule has 0 aliphatic rings. The topological polar surface area (TPSA) is 42.7 Å². The van der Waals surface area contributed by atoms with Crippen molar-refractivity contribution in [1.82, 2.24) is 14.8 Å². The number of fused-ring (bicyclic) bond motifs is 1. The number of hydrogen-bond donors (Lipinski definition) is 1. The molecule has 0 spiro atoms. The molecule has 0 fully saturated rings. The summed E-state index contributed by atoms with van der Waals surface area (Å²) in [6.07, 6.45) is 5.77. The fraction of sp³-hybridized carbons (Fsp3) is 0.200. The molecule has 0 amide bonds. The molecule has 5 heteroatoms. The highest BCUT2D eigenvalue weighted by molar-refractivity contribution is 9.10. The van der Waals surface area contributed by atoms with E-state index in [1.165, 1.54) is 5.56 Å². The van der Waals surface area contributed by atoms with Crippen LogP contribution in [0.5, 0.6) is 0 Å². The Labute approximate surface area is 126 Å². The fourth-order valence-electron chi connectivity index (χ4n) is 2.14. The monoisotopic (exact) mass is 330 g/mol. The minimum absolute atomic E-state index is 0.747. The molecule has 0 unspecified atom stereocenters. The second-order valence-corrected chi connectivity index (χ2v) is 5.50. The maximum absolute atomic E-state index is 4.48. The van der Waals surface area contributed by atoms with E-state index in [0.717, 1.165) is 34.2 Å². The van der Waals surface area contributed by atoms with E-state index in [9.17, 15) is 0 Å². The second-order valence-electron chi connectivity index (χ2n) is 4.59. The van der Waals surface area contributed by atoms with Gasteiger partial charge in [-0.2, -0.15) is 5.10 Å². The minimum atomic E-state index is 0.747. The lowest BCUT2D eigenvalue weighted by atomic mass is 10.2. The first-order valence-corrected chi connectivity index (χ1v) is 7.35. The highest BCUT2D eigenvalue weighted by Crippen LogP contribution is 2.24. The largest absolute Gasteiger partial charge is 0.379 e. The summed E-state index contributed by atoms with van der Waals surface area (Å²) in [5.74, 6) is 0. The summed E-state index contributed by atoms with van der Waals surface area (Å²) in [5, 5.41) is 8.82. The maximum atomic E-state index is 4.48. The van der Waals surface area contributed by atoms with Crippen molar-refractivity contribution in [3.63, 3.8) is 0 Å². The first-order chi connectivity index (χ1) is 9.76. The summed E-state index contributed by atoms with van der Waals surface area (Å²) < 4.78 is 2.92. The Morgan fingerprint density at radius 3 is 3.00 bits per heavy atom. The molecule has 4 nitrogen and oxygen atoms in total. The van der Waals surface area contributed by atoms with E-state index in [2.05, 4.69) is 56.6 Å². The van der Waals surface area contributed by atoms with Crippen LogP contribution in [-0.2, 0) is 13.1 Å². The first kappa shape index (κ1) is 13.1. The third-order valence-electron chi connectivity index (χ3n) is 3.17. The van der Waals surface area contributed by atoms with Crippen LogP contribution >= 0.6 is 15.9 Å². The van der Waals surface area contributed by atoms with Crippen LogP contribution in [0.1, 0.15) is 12.5 Å². The second kappa shape index (κ2) is 5.63. The van der Waals surface area contributed by atoms with Gasteiger partial charge in [-0.1, -0.05) is 12.1 Å². The summed E-state index contributed by atoms with van der Waals surface area (Å²) in [6, 6.07) is 8.22. The third kappa shape index (κ3) is 2.67. The van der Waals surface area contributed by atoms with Gasteiger partial charge in [-0.05, 0) is 35.0 Å². The predicted molar refractivity (Wildman–Crippen MR) is 84.7 cm³/mol. The van der Waals surface area contributed by atoms with Gasteiger partial charge in [0.1, 0.15) is 0 Å². The molecular formula is C15H15BrN4. The molecule has 0 aliphatic heterocycles. The standard InChI is InChI=1S/C15H15BrN4/c1-2-20-10-11(8-19-20)7-17-14-5-3-4-12-6-13(16)9-18-15(12)14/h3-6,8-10,17H,2,7H2,1H3. The molecule has 0 saturated heterocycles. The summed E-state index contributed by atoms with van der Waals surface area (Å²) in [6.45, 7) is 3.72. The Hall–Kier alpha value is -1.88. The molecule has 3 rings (SSSR count). The molecule has 3 aromatic rings. The van der Waals surface area contributed by atoms with Gasteiger partial charge in [0.05, 0.1) is 17.4 Å². The lowest BCUT2D eigenvalue weighted by molar-refractivity contribution is 0.659. The normalized spacial score (nSPS) is 10.9. The zero-order valence-corrected chi connectivity index (χ0v) is 12.8. The van der Waals surface area contributed by atoms with Crippen molar-refractivity contribution in [1.29, 1.82) is 0 Å². The highest BCUT2D eigenvalue weighted by Gasteiger charge is 2.03. The molecule has 0 bridgehead atoms. The van der Waals surface area contributed by atoms with Crippen molar-refractivity contribution < 1.29 is 0 Å². The predicted octanol–water partition coefficient (Wildman–Crippen LogP) is 3.83. The lowest BCUT2D eigenvalue weighted by Crippen LogP contribution is -2.00. The Bertz CT molecular complexity index is 736. The van der Waals surface area contributed by atoms with Gasteiger partial charge in [-0.15, -0.1) is 0 Å². The third-order valence-corrected chi connectivity index (χ3v) is 3.60. The van der Waals surface area contributed by atoms with Crippen LogP contribution in [0.2, 0.25) is 0 Å². The van der Waals surface area contributed by atoms with E-state index in [1.54, 1.807) is 0 Å². The van der Waals surface area contributed by atoms with Crippen LogP contribution in [0.3, 0.4) is 0 Å². The summed E-state index contributed by atoms with van der Waals surface area (Å²) in [7, 11) is 0. The molecule has 2 aromatic heterocycles. The lowest BCUT2D eigenvalue weighted by Gasteiger charge is -2.08. The van der Waals surface area contributed by atoms with E-state index in [4.69, 9.17) is 0 Å². The number of hydrogen-bond acceptors (Lipinski definition) is 3. The summed E-state index contributed by atoms with van der Waals surface area (Å²) in [4.78, 5) is 4.48. The number of halogens is 1. The van der Waals surface area contributed by atoms with Gasteiger partial charge >= 0.3 is 0 Å². The van der Waals surface area contributed by atoms with Crippen molar-refractivity contribution in [3.8, 4) is 0 Å². The first-order valence-electron chi connectivity index (χ1n) is 6.56. The Kier molecular flexibility index (Phi) is 3.69. The number of aromatic nitrogens is 3. The van der Waals surface area contributed by atoms with Crippen LogP contribution in [0.25, 0.3) is 10.9 Å². The smallest absolute Gasteiger partial charge is 0.0934 e. The number of aryl methyl sites for hydroxylation is 1. The number of anilines is 1. The zero-order chi connectivity index (χ0) is 13.9. The van der Waals surface area contributed by atoms with Gasteiger partial charge in [-0.3, -0.25) is 9.67 Å². The van der Waals surface area contributed by atoms with E-state index in [-0.39, 0.29) is 0 Å². The molecule has 1 N–H and O–H groups in total. The van der Waals surface area contributed by atoms with Gasteiger partial charge in [0.2, 0.25) is 0 Å². The molecule has 0 atom stereocenters. The van der Waals surface area contributed by atoms with E-state index >= 15 is 0 Å². The number of para-hydroxylation sites is 1.